The van der Waals surface area contributed by atoms with Crippen LogP contribution in [0.15, 0.2) is 247 Å². The first-order valence-corrected chi connectivity index (χ1v) is 27.4. The second-order valence-electron chi connectivity index (χ2n) is 20.8. The molecule has 1 aromatic heterocycles. The van der Waals surface area contributed by atoms with Gasteiger partial charge in [-0.15, -0.1) is 66.7 Å². The SMILES string of the molecule is CC1=C(C)N(c2ccccc2)[CH-]N1c1[c-]cc(CCc2cc(CCc3c[c-]c(N4[CH-]N(c5ccccc5)C(C)=C4C)cc3)cc(-c3ccccc3-c3c[c-]c(-c4cc(-c5ccc(-c6ccccc6)cc5)c(C)cn4)cc3)c2)cc1.[Ir]. The third-order valence-corrected chi connectivity index (χ3v) is 15.8. The molecule has 0 aliphatic carbocycles. The molecule has 5 nitrogen and oxygen atoms in total. The van der Waals surface area contributed by atoms with Gasteiger partial charge in [-0.05, 0) is 127 Å². The number of rotatable bonds is 15. The van der Waals surface area contributed by atoms with Crippen LogP contribution in [0, 0.1) is 38.5 Å². The van der Waals surface area contributed by atoms with Crippen LogP contribution in [0.3, 0.4) is 0 Å². The largest absolute Gasteiger partial charge is 0.497 e. The van der Waals surface area contributed by atoms with E-state index in [0.29, 0.717) is 0 Å². The summed E-state index contributed by atoms with van der Waals surface area (Å²) in [7, 11) is 0. The Balaban J connectivity index is 0.00000675. The van der Waals surface area contributed by atoms with Crippen LogP contribution >= 0.6 is 0 Å². The van der Waals surface area contributed by atoms with Crippen LogP contribution in [0.1, 0.15) is 55.5 Å². The molecular formula is C74H62IrN5-5. The van der Waals surface area contributed by atoms with Gasteiger partial charge in [0, 0.05) is 60.5 Å². The minimum atomic E-state index is 0. The van der Waals surface area contributed by atoms with E-state index in [2.05, 4.69) is 304 Å². The first kappa shape index (κ1) is 53.5. The standard InChI is InChI=1S/C74H62N5.Ir/c1-52-49-75-74(48-73(52)64-35-33-62(34-36-64)61-17-9-6-10-18-61)65-39-37-63(38-40-65)71-23-15-16-24-72(71)66-46-59(27-25-57-29-41-69(42-30-57)78-50-76(53(2)55(78)4)67-19-11-7-12-20-67)45-60(47-66)28-26-58-31-43-70(44-32-58)79-51-77(54(3)56(79)5)68-21-13-8-14-22-68;/h6-24,29-39,41,43,45-51H,25-28H2,1-5H3;/q-5;. The number of hydrogen-bond acceptors (Lipinski definition) is 5. The Morgan fingerprint density at radius 3 is 1.31 bits per heavy atom. The summed E-state index contributed by atoms with van der Waals surface area (Å²) in [5.41, 5.74) is 26.8. The minimum Gasteiger partial charge on any atom is -0.497 e. The van der Waals surface area contributed by atoms with E-state index in [4.69, 9.17) is 4.98 Å². The number of anilines is 4. The van der Waals surface area contributed by atoms with Crippen molar-refractivity contribution in [2.24, 2.45) is 0 Å². The number of aromatic nitrogens is 1. The maximum atomic E-state index is 4.90. The van der Waals surface area contributed by atoms with Gasteiger partial charge in [0.2, 0.25) is 0 Å². The van der Waals surface area contributed by atoms with Crippen LogP contribution in [-0.2, 0) is 45.8 Å². The van der Waals surface area contributed by atoms with Crippen molar-refractivity contribution in [2.45, 2.75) is 60.3 Å². The maximum Gasteiger partial charge on any atom is 0.0196 e. The fourth-order valence-electron chi connectivity index (χ4n) is 10.9. The first-order chi connectivity index (χ1) is 38.7. The molecule has 2 aliphatic heterocycles. The van der Waals surface area contributed by atoms with Gasteiger partial charge in [0.05, 0.1) is 0 Å². The Bertz CT molecular complexity index is 3670. The second-order valence-corrected chi connectivity index (χ2v) is 20.8. The van der Waals surface area contributed by atoms with Gasteiger partial charge in [-0.2, -0.15) is 47.5 Å². The number of nitrogens with zero attached hydrogens (tertiary/aromatic N) is 5. The van der Waals surface area contributed by atoms with Gasteiger partial charge in [-0.1, -0.05) is 163 Å². The van der Waals surface area contributed by atoms with Crippen LogP contribution in [0.5, 0.6) is 0 Å². The summed E-state index contributed by atoms with van der Waals surface area (Å²) in [6, 6.07) is 89.4. The number of benzene rings is 9. The Morgan fingerprint density at radius 2 is 0.812 bits per heavy atom. The van der Waals surface area contributed by atoms with Gasteiger partial charge in [0.25, 0.3) is 0 Å². The van der Waals surface area contributed by atoms with Crippen LogP contribution in [0.25, 0.3) is 55.8 Å². The molecular weight excluding hydrogens is 1150 g/mol. The molecule has 1 radical (unpaired) electrons. The monoisotopic (exact) mass is 1210 g/mol. The van der Waals surface area contributed by atoms with Crippen LogP contribution in [-0.4, -0.2) is 4.98 Å². The van der Waals surface area contributed by atoms with Gasteiger partial charge < -0.3 is 24.6 Å². The van der Waals surface area contributed by atoms with Gasteiger partial charge >= 0.3 is 0 Å². The zero-order valence-electron chi connectivity index (χ0n) is 45.9. The number of aryl methyl sites for hydroxylation is 5. The topological polar surface area (TPSA) is 25.9 Å². The predicted molar refractivity (Wildman–Crippen MR) is 329 cm³/mol. The quantitative estimate of drug-likeness (QED) is 0.0953. The van der Waals surface area contributed by atoms with E-state index in [1.807, 2.05) is 6.20 Å². The maximum absolute atomic E-state index is 4.90. The summed E-state index contributed by atoms with van der Waals surface area (Å²) in [6.45, 7) is 15.2. The predicted octanol–water partition coefficient (Wildman–Crippen LogP) is 18.1. The fourth-order valence-corrected chi connectivity index (χ4v) is 10.9. The Hall–Kier alpha value is -8.54. The average Bonchev–Trinajstić information content (AvgIpc) is 3.99. The Labute approximate surface area is 487 Å². The molecule has 12 rings (SSSR count). The van der Waals surface area contributed by atoms with E-state index >= 15 is 0 Å². The average molecular weight is 1210 g/mol. The third-order valence-electron chi connectivity index (χ3n) is 15.8. The molecule has 3 heterocycles. The zero-order chi connectivity index (χ0) is 53.8. The molecule has 10 aromatic rings. The van der Waals surface area contributed by atoms with Gasteiger partial charge in [-0.3, -0.25) is 0 Å². The van der Waals surface area contributed by atoms with Crippen molar-refractivity contribution in [3.8, 4) is 55.8 Å². The normalized spacial score (nSPS) is 13.4. The molecule has 0 fully saturated rings. The molecule has 0 saturated carbocycles. The van der Waals surface area contributed by atoms with Crippen molar-refractivity contribution < 1.29 is 20.1 Å². The summed E-state index contributed by atoms with van der Waals surface area (Å²) in [4.78, 5) is 13.9. The van der Waals surface area contributed by atoms with Crippen molar-refractivity contribution >= 4 is 22.7 Å². The van der Waals surface area contributed by atoms with Gasteiger partial charge in [0.15, 0.2) is 0 Å². The summed E-state index contributed by atoms with van der Waals surface area (Å²) < 4.78 is 0. The van der Waals surface area contributed by atoms with E-state index in [-0.39, 0.29) is 20.1 Å². The molecule has 0 bridgehead atoms. The molecule has 397 valence electrons. The van der Waals surface area contributed by atoms with Crippen molar-refractivity contribution in [3.63, 3.8) is 0 Å². The molecule has 2 aliphatic rings. The molecule has 0 N–H and O–H groups in total. The molecule has 0 spiro atoms. The zero-order valence-corrected chi connectivity index (χ0v) is 48.3. The van der Waals surface area contributed by atoms with Crippen molar-refractivity contribution in [2.75, 3.05) is 19.6 Å². The molecule has 9 aromatic carbocycles. The Kier molecular flexibility index (Phi) is 15.9. The molecule has 0 atom stereocenters. The number of hydrogen-bond donors (Lipinski definition) is 0. The van der Waals surface area contributed by atoms with Crippen molar-refractivity contribution in [1.29, 1.82) is 0 Å². The molecule has 6 heteroatoms. The van der Waals surface area contributed by atoms with E-state index in [1.54, 1.807) is 0 Å². The number of para-hydroxylation sites is 2. The van der Waals surface area contributed by atoms with Crippen LogP contribution in [0.4, 0.5) is 22.7 Å². The van der Waals surface area contributed by atoms with Crippen LogP contribution in [0.2, 0.25) is 0 Å². The van der Waals surface area contributed by atoms with E-state index in [9.17, 15) is 0 Å². The first-order valence-electron chi connectivity index (χ1n) is 27.4. The van der Waals surface area contributed by atoms with Crippen molar-refractivity contribution in [1.82, 2.24) is 4.98 Å². The molecule has 0 saturated heterocycles. The summed E-state index contributed by atoms with van der Waals surface area (Å²) in [5, 5.41) is 0. The molecule has 0 amide bonds. The van der Waals surface area contributed by atoms with Crippen LogP contribution < -0.4 is 19.6 Å². The fraction of sp³-hybridized carbons (Fsp3) is 0.122. The molecule has 80 heavy (non-hydrogen) atoms. The summed E-state index contributed by atoms with van der Waals surface area (Å²) in [6.07, 6.45) is 5.59. The van der Waals surface area contributed by atoms with E-state index in [0.717, 1.165) is 70.8 Å². The third kappa shape index (κ3) is 11.3. The number of allylic oxidation sites excluding steroid dienone is 4. The summed E-state index contributed by atoms with van der Waals surface area (Å²) >= 11 is 0. The summed E-state index contributed by atoms with van der Waals surface area (Å²) in [5.74, 6) is 0. The Morgan fingerprint density at radius 1 is 0.362 bits per heavy atom. The second kappa shape index (κ2) is 23.8. The smallest absolute Gasteiger partial charge is 0.0196 e. The van der Waals surface area contributed by atoms with Gasteiger partial charge in [-0.25, -0.2) is 0 Å². The van der Waals surface area contributed by atoms with E-state index in [1.165, 1.54) is 84.0 Å². The minimum absolute atomic E-state index is 0. The van der Waals surface area contributed by atoms with Crippen molar-refractivity contribution in [3.05, 3.63) is 307 Å². The number of pyridine rings is 1. The van der Waals surface area contributed by atoms with E-state index < -0.39 is 0 Å². The van der Waals surface area contributed by atoms with Gasteiger partial charge in [0.1, 0.15) is 0 Å². The molecule has 0 unspecified atom stereocenters.